The van der Waals surface area contributed by atoms with Crippen LogP contribution in [0.5, 0.6) is 5.75 Å². The van der Waals surface area contributed by atoms with Gasteiger partial charge in [-0.1, -0.05) is 32.6 Å². The molecule has 0 aromatic heterocycles. The Morgan fingerprint density at radius 3 is 2.43 bits per heavy atom. The molecule has 7 nitrogen and oxygen atoms in total. The van der Waals surface area contributed by atoms with Crippen molar-refractivity contribution >= 4 is 17.9 Å². The van der Waals surface area contributed by atoms with Crippen molar-refractivity contribution < 1.29 is 29.1 Å². The Bertz CT molecular complexity index is 570. The van der Waals surface area contributed by atoms with Crippen molar-refractivity contribution in [2.75, 3.05) is 0 Å². The number of hydrogen-bond donors (Lipinski definition) is 2. The quantitative estimate of drug-likeness (QED) is 0.310. The Labute approximate surface area is 134 Å². The molecule has 0 aliphatic heterocycles. The van der Waals surface area contributed by atoms with E-state index in [2.05, 4.69) is 11.8 Å². The summed E-state index contributed by atoms with van der Waals surface area (Å²) < 4.78 is 4.72. The first-order chi connectivity index (χ1) is 11.0. The molecule has 0 spiro atoms. The first-order valence-electron chi connectivity index (χ1n) is 7.48. The Kier molecular flexibility index (Phi) is 7.76. The Morgan fingerprint density at radius 2 is 1.83 bits per heavy atom. The summed E-state index contributed by atoms with van der Waals surface area (Å²) in [7, 11) is 0. The number of nitrogens with two attached hydrogens (primary N) is 1. The predicted octanol–water partition coefficient (Wildman–Crippen LogP) is 2.68. The third-order valence-electron chi connectivity index (χ3n) is 3.27. The standard InChI is InChI=1S/C16H21NO6/c1-2-3-4-5-6-7-14(18)22-16(21)11-8-9-12(15(19)20)13(10-11)23-17/h8-10H,2-7,17H2,1H3,(H,19,20). The summed E-state index contributed by atoms with van der Waals surface area (Å²) in [6.07, 6.45) is 5.03. The zero-order valence-corrected chi connectivity index (χ0v) is 13.0. The summed E-state index contributed by atoms with van der Waals surface area (Å²) in [4.78, 5) is 38.8. The van der Waals surface area contributed by atoms with E-state index in [1.165, 1.54) is 6.07 Å². The lowest BCUT2D eigenvalue weighted by atomic mass is 10.1. The second kappa shape index (κ2) is 9.58. The highest BCUT2D eigenvalue weighted by molar-refractivity contribution is 5.99. The molecule has 0 unspecified atom stereocenters. The maximum absolute atomic E-state index is 11.9. The number of aromatic carboxylic acids is 1. The minimum atomic E-state index is -1.24. The molecule has 0 heterocycles. The van der Waals surface area contributed by atoms with Gasteiger partial charge < -0.3 is 14.7 Å². The van der Waals surface area contributed by atoms with E-state index in [4.69, 9.17) is 15.7 Å². The Hall–Kier alpha value is -2.41. The normalized spacial score (nSPS) is 10.2. The minimum Gasteiger partial charge on any atom is -0.478 e. The fourth-order valence-electron chi connectivity index (χ4n) is 2.01. The summed E-state index contributed by atoms with van der Waals surface area (Å²) >= 11 is 0. The van der Waals surface area contributed by atoms with E-state index in [1.807, 2.05) is 0 Å². The summed E-state index contributed by atoms with van der Waals surface area (Å²) in [6, 6.07) is 3.53. The van der Waals surface area contributed by atoms with Crippen molar-refractivity contribution in [2.45, 2.75) is 45.4 Å². The molecule has 1 aromatic carbocycles. The van der Waals surface area contributed by atoms with Gasteiger partial charge in [-0.2, -0.15) is 5.90 Å². The fourth-order valence-corrected chi connectivity index (χ4v) is 2.01. The highest BCUT2D eigenvalue weighted by Crippen LogP contribution is 2.20. The van der Waals surface area contributed by atoms with Crippen LogP contribution in [-0.2, 0) is 9.53 Å². The van der Waals surface area contributed by atoms with E-state index in [0.29, 0.717) is 6.42 Å². The third-order valence-corrected chi connectivity index (χ3v) is 3.27. The Morgan fingerprint density at radius 1 is 1.13 bits per heavy atom. The number of unbranched alkanes of at least 4 members (excludes halogenated alkanes) is 4. The summed E-state index contributed by atoms with van der Waals surface area (Å²) in [5.74, 6) is 2.09. The molecule has 0 amide bonds. The molecule has 0 bridgehead atoms. The molecule has 0 aliphatic rings. The van der Waals surface area contributed by atoms with Gasteiger partial charge in [0, 0.05) is 6.42 Å². The van der Waals surface area contributed by atoms with Crippen molar-refractivity contribution in [2.24, 2.45) is 5.90 Å². The van der Waals surface area contributed by atoms with Gasteiger partial charge in [-0.25, -0.2) is 9.59 Å². The van der Waals surface area contributed by atoms with Gasteiger partial charge in [0.1, 0.15) is 5.56 Å². The average molecular weight is 323 g/mol. The molecule has 0 atom stereocenters. The van der Waals surface area contributed by atoms with Crippen LogP contribution in [-0.4, -0.2) is 23.0 Å². The maximum atomic E-state index is 11.9. The van der Waals surface area contributed by atoms with Crippen LogP contribution in [0.15, 0.2) is 18.2 Å². The van der Waals surface area contributed by atoms with Gasteiger partial charge in [0.2, 0.25) is 0 Å². The predicted molar refractivity (Wildman–Crippen MR) is 82.0 cm³/mol. The summed E-state index contributed by atoms with van der Waals surface area (Å²) in [6.45, 7) is 2.10. The van der Waals surface area contributed by atoms with E-state index in [-0.39, 0.29) is 23.3 Å². The van der Waals surface area contributed by atoms with Crippen LogP contribution in [0, 0.1) is 0 Å². The van der Waals surface area contributed by atoms with E-state index in [0.717, 1.165) is 37.8 Å². The third kappa shape index (κ3) is 6.07. The monoisotopic (exact) mass is 323 g/mol. The molecule has 0 saturated heterocycles. The van der Waals surface area contributed by atoms with E-state index < -0.39 is 17.9 Å². The van der Waals surface area contributed by atoms with Crippen molar-refractivity contribution in [3.8, 4) is 5.75 Å². The van der Waals surface area contributed by atoms with Crippen molar-refractivity contribution in [3.05, 3.63) is 29.3 Å². The number of esters is 2. The molecule has 0 saturated carbocycles. The molecule has 0 radical (unpaired) electrons. The number of hydrogen-bond acceptors (Lipinski definition) is 6. The molecule has 7 heteroatoms. The van der Waals surface area contributed by atoms with Gasteiger partial charge in [0.05, 0.1) is 5.56 Å². The topological polar surface area (TPSA) is 116 Å². The number of carbonyl (C=O) groups excluding carboxylic acids is 2. The molecule has 0 fully saturated rings. The fraction of sp³-hybridized carbons (Fsp3) is 0.438. The second-order valence-electron chi connectivity index (χ2n) is 5.06. The molecular formula is C16H21NO6. The van der Waals surface area contributed by atoms with Gasteiger partial charge in [-0.15, -0.1) is 0 Å². The SMILES string of the molecule is CCCCCCCC(=O)OC(=O)c1ccc(C(=O)O)c(ON)c1. The van der Waals surface area contributed by atoms with E-state index in [1.54, 1.807) is 0 Å². The van der Waals surface area contributed by atoms with Crippen LogP contribution in [0.3, 0.4) is 0 Å². The molecule has 126 valence electrons. The molecule has 1 rings (SSSR count). The van der Waals surface area contributed by atoms with Gasteiger partial charge in [-0.05, 0) is 24.6 Å². The van der Waals surface area contributed by atoms with Gasteiger partial charge >= 0.3 is 17.9 Å². The van der Waals surface area contributed by atoms with Crippen LogP contribution in [0.4, 0.5) is 0 Å². The lowest BCUT2D eigenvalue weighted by Crippen LogP contribution is -2.14. The van der Waals surface area contributed by atoms with Crippen molar-refractivity contribution in [3.63, 3.8) is 0 Å². The lowest BCUT2D eigenvalue weighted by Gasteiger charge is -2.07. The van der Waals surface area contributed by atoms with Crippen molar-refractivity contribution in [1.82, 2.24) is 0 Å². The van der Waals surface area contributed by atoms with Gasteiger partial charge in [0.25, 0.3) is 0 Å². The minimum absolute atomic E-state index is 0.00483. The van der Waals surface area contributed by atoms with Crippen molar-refractivity contribution in [1.29, 1.82) is 0 Å². The zero-order chi connectivity index (χ0) is 17.2. The van der Waals surface area contributed by atoms with E-state index in [9.17, 15) is 14.4 Å². The highest BCUT2D eigenvalue weighted by Gasteiger charge is 2.18. The molecule has 23 heavy (non-hydrogen) atoms. The smallest absolute Gasteiger partial charge is 0.345 e. The first kappa shape index (κ1) is 18.6. The number of carboxylic acid groups (broad SMARTS) is 1. The van der Waals surface area contributed by atoms with Crippen LogP contribution in [0.2, 0.25) is 0 Å². The zero-order valence-electron chi connectivity index (χ0n) is 13.0. The van der Waals surface area contributed by atoms with Crippen LogP contribution >= 0.6 is 0 Å². The molecule has 0 aliphatic carbocycles. The first-order valence-corrected chi connectivity index (χ1v) is 7.48. The molecule has 1 aromatic rings. The maximum Gasteiger partial charge on any atom is 0.345 e. The highest BCUT2D eigenvalue weighted by atomic mass is 16.6. The summed E-state index contributed by atoms with van der Waals surface area (Å²) in [5.41, 5.74) is -0.193. The van der Waals surface area contributed by atoms with Gasteiger partial charge in [0.15, 0.2) is 5.75 Å². The molecular weight excluding hydrogens is 302 g/mol. The number of rotatable bonds is 9. The van der Waals surface area contributed by atoms with E-state index >= 15 is 0 Å². The molecule has 3 N–H and O–H groups in total. The average Bonchev–Trinajstić information content (AvgIpc) is 2.53. The number of ether oxygens (including phenoxy) is 1. The van der Waals surface area contributed by atoms with Gasteiger partial charge in [-0.3, -0.25) is 4.79 Å². The number of carbonyl (C=O) groups is 3. The second-order valence-corrected chi connectivity index (χ2v) is 5.06. The Balaban J connectivity index is 2.57. The largest absolute Gasteiger partial charge is 0.478 e. The van der Waals surface area contributed by atoms with Crippen LogP contribution in [0.25, 0.3) is 0 Å². The summed E-state index contributed by atoms with van der Waals surface area (Å²) in [5, 5.41) is 8.92. The van der Waals surface area contributed by atoms with Crippen LogP contribution in [0.1, 0.15) is 66.2 Å². The van der Waals surface area contributed by atoms with Crippen LogP contribution < -0.4 is 10.7 Å². The number of carboxylic acids is 1. The number of benzene rings is 1. The lowest BCUT2D eigenvalue weighted by molar-refractivity contribution is -0.138.